The summed E-state index contributed by atoms with van der Waals surface area (Å²) < 4.78 is 5.22. The van der Waals surface area contributed by atoms with Gasteiger partial charge in [0, 0.05) is 29.8 Å². The van der Waals surface area contributed by atoms with Crippen molar-refractivity contribution in [2.24, 2.45) is 0 Å². The van der Waals surface area contributed by atoms with Gasteiger partial charge in [0.2, 0.25) is 0 Å². The van der Waals surface area contributed by atoms with Crippen LogP contribution in [0.1, 0.15) is 13.3 Å². The summed E-state index contributed by atoms with van der Waals surface area (Å²) in [6.07, 6.45) is 1.86. The Labute approximate surface area is 140 Å². The summed E-state index contributed by atoms with van der Waals surface area (Å²) in [5, 5.41) is 3.20. The van der Waals surface area contributed by atoms with Crippen LogP contribution in [-0.2, 0) is 4.79 Å². The Morgan fingerprint density at radius 1 is 1.04 bits per heavy atom. The van der Waals surface area contributed by atoms with Crippen molar-refractivity contribution >= 4 is 17.5 Å². The van der Waals surface area contributed by atoms with Crippen LogP contribution in [0, 0.1) is 0 Å². The fourth-order valence-electron chi connectivity index (χ4n) is 2.18. The van der Waals surface area contributed by atoms with Gasteiger partial charge in [0.25, 0.3) is 0 Å². The van der Waals surface area contributed by atoms with Crippen LogP contribution in [0.25, 0.3) is 11.3 Å². The topological polar surface area (TPSA) is 64.1 Å². The van der Waals surface area contributed by atoms with E-state index in [1.807, 2.05) is 48.5 Å². The van der Waals surface area contributed by atoms with Gasteiger partial charge in [-0.15, -0.1) is 0 Å². The van der Waals surface area contributed by atoms with Crippen molar-refractivity contribution in [3.63, 3.8) is 0 Å². The SMILES string of the molecule is CCC(=O)Oc1cccc(Nc2cc(-c3ccccc3)ncn2)c1. The van der Waals surface area contributed by atoms with Crippen LogP contribution >= 0.6 is 0 Å². The molecule has 2 aromatic carbocycles. The van der Waals surface area contributed by atoms with E-state index in [0.717, 1.165) is 16.9 Å². The summed E-state index contributed by atoms with van der Waals surface area (Å²) in [5.41, 5.74) is 2.64. The van der Waals surface area contributed by atoms with Crippen molar-refractivity contribution in [2.45, 2.75) is 13.3 Å². The Kier molecular flexibility index (Phi) is 4.81. The second-order valence-electron chi connectivity index (χ2n) is 5.13. The highest BCUT2D eigenvalue weighted by molar-refractivity contribution is 5.73. The van der Waals surface area contributed by atoms with Gasteiger partial charge in [0.05, 0.1) is 5.69 Å². The van der Waals surface area contributed by atoms with Crippen LogP contribution in [-0.4, -0.2) is 15.9 Å². The first-order chi connectivity index (χ1) is 11.7. The molecule has 1 heterocycles. The van der Waals surface area contributed by atoms with Crippen LogP contribution < -0.4 is 10.1 Å². The summed E-state index contributed by atoms with van der Waals surface area (Å²) in [7, 11) is 0. The average Bonchev–Trinajstić information content (AvgIpc) is 2.63. The number of nitrogens with zero attached hydrogens (tertiary/aromatic N) is 2. The van der Waals surface area contributed by atoms with Crippen molar-refractivity contribution in [1.82, 2.24) is 9.97 Å². The molecule has 0 unspecified atom stereocenters. The van der Waals surface area contributed by atoms with Crippen LogP contribution in [0.5, 0.6) is 5.75 Å². The van der Waals surface area contributed by atoms with Gasteiger partial charge in [-0.1, -0.05) is 43.3 Å². The second kappa shape index (κ2) is 7.37. The Morgan fingerprint density at radius 3 is 2.67 bits per heavy atom. The number of benzene rings is 2. The van der Waals surface area contributed by atoms with E-state index in [2.05, 4.69) is 15.3 Å². The van der Waals surface area contributed by atoms with E-state index in [1.54, 1.807) is 19.1 Å². The van der Waals surface area contributed by atoms with Gasteiger partial charge in [0.15, 0.2) is 0 Å². The van der Waals surface area contributed by atoms with E-state index in [0.29, 0.717) is 18.0 Å². The minimum Gasteiger partial charge on any atom is -0.426 e. The molecule has 0 amide bonds. The van der Waals surface area contributed by atoms with Crippen LogP contribution in [0.4, 0.5) is 11.5 Å². The number of esters is 1. The minimum absolute atomic E-state index is 0.263. The third kappa shape index (κ3) is 3.95. The molecular weight excluding hydrogens is 302 g/mol. The Bertz CT molecular complexity index is 835. The van der Waals surface area contributed by atoms with Gasteiger partial charge < -0.3 is 10.1 Å². The number of nitrogens with one attached hydrogen (secondary N) is 1. The molecule has 3 rings (SSSR count). The molecule has 3 aromatic rings. The molecule has 1 N–H and O–H groups in total. The fourth-order valence-corrected chi connectivity index (χ4v) is 2.18. The number of anilines is 2. The highest BCUT2D eigenvalue weighted by Crippen LogP contribution is 2.23. The molecule has 0 saturated heterocycles. The first-order valence-electron chi connectivity index (χ1n) is 7.70. The van der Waals surface area contributed by atoms with Gasteiger partial charge >= 0.3 is 5.97 Å². The lowest BCUT2D eigenvalue weighted by Crippen LogP contribution is -2.05. The third-order valence-electron chi connectivity index (χ3n) is 3.36. The monoisotopic (exact) mass is 319 g/mol. The van der Waals surface area contributed by atoms with E-state index >= 15 is 0 Å². The molecule has 0 spiro atoms. The molecule has 0 fully saturated rings. The molecule has 0 aliphatic carbocycles. The van der Waals surface area contributed by atoms with Crippen LogP contribution in [0.3, 0.4) is 0 Å². The highest BCUT2D eigenvalue weighted by Gasteiger charge is 2.05. The van der Waals surface area contributed by atoms with Gasteiger partial charge in [0.1, 0.15) is 17.9 Å². The molecule has 120 valence electrons. The molecule has 5 nitrogen and oxygen atoms in total. The largest absolute Gasteiger partial charge is 0.426 e. The number of carbonyl (C=O) groups is 1. The van der Waals surface area contributed by atoms with Crippen molar-refractivity contribution < 1.29 is 9.53 Å². The van der Waals surface area contributed by atoms with Crippen molar-refractivity contribution in [1.29, 1.82) is 0 Å². The molecular formula is C19H17N3O2. The zero-order chi connectivity index (χ0) is 16.8. The number of rotatable bonds is 5. The molecule has 24 heavy (non-hydrogen) atoms. The van der Waals surface area contributed by atoms with E-state index in [4.69, 9.17) is 4.74 Å². The molecule has 1 aromatic heterocycles. The predicted octanol–water partition coefficient (Wildman–Crippen LogP) is 4.20. The zero-order valence-electron chi connectivity index (χ0n) is 13.3. The van der Waals surface area contributed by atoms with Gasteiger partial charge in [-0.2, -0.15) is 0 Å². The van der Waals surface area contributed by atoms with E-state index in [9.17, 15) is 4.79 Å². The molecule has 5 heteroatoms. The molecule has 0 aliphatic rings. The van der Waals surface area contributed by atoms with E-state index in [-0.39, 0.29) is 5.97 Å². The van der Waals surface area contributed by atoms with Crippen molar-refractivity contribution in [3.05, 3.63) is 67.0 Å². The lowest BCUT2D eigenvalue weighted by atomic mass is 10.1. The summed E-state index contributed by atoms with van der Waals surface area (Å²) >= 11 is 0. The molecule has 0 radical (unpaired) electrons. The summed E-state index contributed by atoms with van der Waals surface area (Å²) in [6, 6.07) is 19.0. The summed E-state index contributed by atoms with van der Waals surface area (Å²) in [5.74, 6) is 0.910. The number of hydrogen-bond donors (Lipinski definition) is 1. The summed E-state index contributed by atoms with van der Waals surface area (Å²) in [6.45, 7) is 1.76. The maximum absolute atomic E-state index is 11.4. The van der Waals surface area contributed by atoms with E-state index in [1.165, 1.54) is 6.33 Å². The normalized spacial score (nSPS) is 10.2. The van der Waals surface area contributed by atoms with Crippen LogP contribution in [0.15, 0.2) is 67.0 Å². The van der Waals surface area contributed by atoms with Crippen LogP contribution in [0.2, 0.25) is 0 Å². The van der Waals surface area contributed by atoms with Crippen molar-refractivity contribution in [3.8, 4) is 17.0 Å². The minimum atomic E-state index is -0.263. The Morgan fingerprint density at radius 2 is 1.88 bits per heavy atom. The number of aromatic nitrogens is 2. The Balaban J connectivity index is 1.79. The first kappa shape index (κ1) is 15.7. The number of carbonyl (C=O) groups excluding carboxylic acids is 1. The summed E-state index contributed by atoms with van der Waals surface area (Å²) in [4.78, 5) is 19.9. The molecule has 0 bridgehead atoms. The van der Waals surface area contributed by atoms with Crippen molar-refractivity contribution in [2.75, 3.05) is 5.32 Å². The first-order valence-corrected chi connectivity index (χ1v) is 7.70. The highest BCUT2D eigenvalue weighted by atomic mass is 16.5. The smallest absolute Gasteiger partial charge is 0.310 e. The van der Waals surface area contributed by atoms with Gasteiger partial charge in [-0.3, -0.25) is 4.79 Å². The molecule has 0 atom stereocenters. The lowest BCUT2D eigenvalue weighted by molar-refractivity contribution is -0.134. The fraction of sp³-hybridized carbons (Fsp3) is 0.105. The number of ether oxygens (including phenoxy) is 1. The standard InChI is InChI=1S/C19H17N3O2/c1-2-19(23)24-16-10-6-9-15(11-16)22-18-12-17(20-13-21-18)14-7-4-3-5-8-14/h3-13H,2H2,1H3,(H,20,21,22). The average molecular weight is 319 g/mol. The molecule has 0 saturated carbocycles. The van der Waals surface area contributed by atoms with Gasteiger partial charge in [-0.25, -0.2) is 9.97 Å². The maximum Gasteiger partial charge on any atom is 0.310 e. The zero-order valence-corrected chi connectivity index (χ0v) is 13.3. The van der Waals surface area contributed by atoms with Gasteiger partial charge in [-0.05, 0) is 12.1 Å². The second-order valence-corrected chi connectivity index (χ2v) is 5.13. The predicted molar refractivity (Wildman–Crippen MR) is 93.1 cm³/mol. The van der Waals surface area contributed by atoms with E-state index < -0.39 is 0 Å². The Hall–Kier alpha value is -3.21. The molecule has 0 aliphatic heterocycles. The number of hydrogen-bond acceptors (Lipinski definition) is 5. The quantitative estimate of drug-likeness (QED) is 0.564. The third-order valence-corrected chi connectivity index (χ3v) is 3.36. The lowest BCUT2D eigenvalue weighted by Gasteiger charge is -2.09. The maximum atomic E-state index is 11.4.